The molecule has 0 radical (unpaired) electrons. The van der Waals surface area contributed by atoms with E-state index in [2.05, 4.69) is 11.9 Å². The summed E-state index contributed by atoms with van der Waals surface area (Å²) in [6.45, 7) is 2.88. The fourth-order valence-corrected chi connectivity index (χ4v) is 2.86. The van der Waals surface area contributed by atoms with E-state index in [0.717, 1.165) is 23.4 Å². The molecule has 3 aromatic carbocycles. The van der Waals surface area contributed by atoms with Crippen molar-refractivity contribution in [2.75, 3.05) is 6.61 Å². The lowest BCUT2D eigenvalue weighted by atomic mass is 10.2. The van der Waals surface area contributed by atoms with Gasteiger partial charge in [-0.2, -0.15) is 0 Å². The highest BCUT2D eigenvalue weighted by Gasteiger charge is 2.09. The Balaban J connectivity index is 1.50. The standard InChI is InChI=1S/C26H27NO3/c1-2-3-4-8-19-29-24-15-11-22(12-16-24)26(28)30-25-17-13-23(14-18-25)27-20-21-9-6-5-7-10-21/h5-7,9-18,20H,2-4,8,19H2,1H3. The number of aliphatic imine (C=N–C) groups is 1. The van der Waals surface area contributed by atoms with E-state index in [-0.39, 0.29) is 0 Å². The third-order valence-corrected chi connectivity index (χ3v) is 4.57. The number of hydrogen-bond acceptors (Lipinski definition) is 4. The lowest BCUT2D eigenvalue weighted by Gasteiger charge is -2.07. The molecule has 4 nitrogen and oxygen atoms in total. The Morgan fingerprint density at radius 1 is 0.833 bits per heavy atom. The second-order valence-corrected chi connectivity index (χ2v) is 6.99. The number of nitrogens with zero attached hydrogens (tertiary/aromatic N) is 1. The molecule has 0 aliphatic heterocycles. The van der Waals surface area contributed by atoms with Crippen LogP contribution >= 0.6 is 0 Å². The van der Waals surface area contributed by atoms with Crippen molar-refractivity contribution >= 4 is 17.9 Å². The number of rotatable bonds is 10. The predicted molar refractivity (Wildman–Crippen MR) is 121 cm³/mol. The number of hydrogen-bond donors (Lipinski definition) is 0. The second kappa shape index (κ2) is 11.6. The van der Waals surface area contributed by atoms with Crippen LogP contribution < -0.4 is 9.47 Å². The van der Waals surface area contributed by atoms with Gasteiger partial charge in [0.25, 0.3) is 0 Å². The van der Waals surface area contributed by atoms with E-state index in [9.17, 15) is 4.79 Å². The maximum absolute atomic E-state index is 12.4. The summed E-state index contributed by atoms with van der Waals surface area (Å²) in [5.74, 6) is 0.851. The van der Waals surface area contributed by atoms with Crippen molar-refractivity contribution in [2.45, 2.75) is 32.6 Å². The monoisotopic (exact) mass is 401 g/mol. The molecule has 0 aliphatic rings. The van der Waals surface area contributed by atoms with Crippen LogP contribution in [0.1, 0.15) is 48.5 Å². The Kier molecular flexibility index (Phi) is 8.22. The minimum Gasteiger partial charge on any atom is -0.494 e. The van der Waals surface area contributed by atoms with Crippen LogP contribution in [-0.2, 0) is 0 Å². The fourth-order valence-electron chi connectivity index (χ4n) is 2.86. The number of carbonyl (C=O) groups excluding carboxylic acids is 1. The molecule has 0 unspecified atom stereocenters. The maximum atomic E-state index is 12.4. The third-order valence-electron chi connectivity index (χ3n) is 4.57. The zero-order valence-electron chi connectivity index (χ0n) is 17.3. The average Bonchev–Trinajstić information content (AvgIpc) is 2.79. The molecule has 30 heavy (non-hydrogen) atoms. The molecule has 0 atom stereocenters. The summed E-state index contributed by atoms with van der Waals surface area (Å²) in [4.78, 5) is 16.8. The molecule has 3 aromatic rings. The summed E-state index contributed by atoms with van der Waals surface area (Å²) < 4.78 is 11.2. The van der Waals surface area contributed by atoms with Crippen molar-refractivity contribution in [3.8, 4) is 11.5 Å². The quantitative estimate of drug-likeness (QED) is 0.166. The highest BCUT2D eigenvalue weighted by molar-refractivity contribution is 5.91. The summed E-state index contributed by atoms with van der Waals surface area (Å²) in [5, 5.41) is 0. The molecule has 0 saturated carbocycles. The number of esters is 1. The van der Waals surface area contributed by atoms with Crippen LogP contribution in [0.5, 0.6) is 11.5 Å². The van der Waals surface area contributed by atoms with Gasteiger partial charge in [0.15, 0.2) is 0 Å². The lowest BCUT2D eigenvalue weighted by molar-refractivity contribution is 0.0734. The molecule has 0 fully saturated rings. The highest BCUT2D eigenvalue weighted by atomic mass is 16.5. The van der Waals surface area contributed by atoms with Crippen LogP contribution in [0.25, 0.3) is 0 Å². The van der Waals surface area contributed by atoms with Gasteiger partial charge >= 0.3 is 5.97 Å². The van der Waals surface area contributed by atoms with Crippen LogP contribution in [0.3, 0.4) is 0 Å². The molecule has 4 heteroatoms. The first kappa shape index (κ1) is 21.3. The minimum atomic E-state index is -0.398. The number of ether oxygens (including phenoxy) is 2. The molecule has 0 saturated heterocycles. The van der Waals surface area contributed by atoms with Gasteiger partial charge in [-0.15, -0.1) is 0 Å². The molecule has 0 aliphatic carbocycles. The largest absolute Gasteiger partial charge is 0.494 e. The van der Waals surface area contributed by atoms with E-state index in [1.54, 1.807) is 42.6 Å². The first-order valence-electron chi connectivity index (χ1n) is 10.4. The van der Waals surface area contributed by atoms with Gasteiger partial charge in [-0.25, -0.2) is 4.79 Å². The van der Waals surface area contributed by atoms with Gasteiger partial charge in [-0.05, 0) is 60.5 Å². The summed E-state index contributed by atoms with van der Waals surface area (Å²) in [5.41, 5.74) is 2.31. The van der Waals surface area contributed by atoms with E-state index in [1.807, 2.05) is 42.5 Å². The van der Waals surface area contributed by atoms with E-state index in [1.165, 1.54) is 19.3 Å². The number of carbonyl (C=O) groups is 1. The first-order chi connectivity index (χ1) is 14.7. The highest BCUT2D eigenvalue weighted by Crippen LogP contribution is 2.20. The Morgan fingerprint density at radius 2 is 1.53 bits per heavy atom. The molecular formula is C26H27NO3. The third kappa shape index (κ3) is 6.89. The minimum absolute atomic E-state index is 0.398. The van der Waals surface area contributed by atoms with Gasteiger partial charge in [0, 0.05) is 6.21 Å². The topological polar surface area (TPSA) is 47.9 Å². The van der Waals surface area contributed by atoms with Gasteiger partial charge < -0.3 is 9.47 Å². The van der Waals surface area contributed by atoms with Crippen LogP contribution in [0.4, 0.5) is 5.69 Å². The van der Waals surface area contributed by atoms with Gasteiger partial charge in [0.2, 0.25) is 0 Å². The maximum Gasteiger partial charge on any atom is 0.343 e. The van der Waals surface area contributed by atoms with Gasteiger partial charge in [0.05, 0.1) is 17.9 Å². The van der Waals surface area contributed by atoms with Crippen molar-refractivity contribution in [3.05, 3.63) is 90.0 Å². The second-order valence-electron chi connectivity index (χ2n) is 6.99. The molecule has 3 rings (SSSR count). The van der Waals surface area contributed by atoms with Gasteiger partial charge in [-0.3, -0.25) is 4.99 Å². The zero-order chi connectivity index (χ0) is 21.0. The summed E-state index contributed by atoms with van der Waals surface area (Å²) in [6, 6.07) is 24.1. The van der Waals surface area contributed by atoms with Crippen LogP contribution in [0.15, 0.2) is 83.9 Å². The van der Waals surface area contributed by atoms with Crippen LogP contribution in [-0.4, -0.2) is 18.8 Å². The van der Waals surface area contributed by atoms with E-state index < -0.39 is 5.97 Å². The Labute approximate surface area is 178 Å². The van der Waals surface area contributed by atoms with E-state index in [0.29, 0.717) is 17.9 Å². The molecule has 0 heterocycles. The van der Waals surface area contributed by atoms with Crippen molar-refractivity contribution in [2.24, 2.45) is 4.99 Å². The molecule has 154 valence electrons. The fraction of sp³-hybridized carbons (Fsp3) is 0.231. The number of benzene rings is 3. The molecule has 0 bridgehead atoms. The van der Waals surface area contributed by atoms with Crippen molar-refractivity contribution in [1.29, 1.82) is 0 Å². The van der Waals surface area contributed by atoms with Gasteiger partial charge in [-0.1, -0.05) is 56.5 Å². The Bertz CT molecular complexity index is 932. The van der Waals surface area contributed by atoms with Gasteiger partial charge in [0.1, 0.15) is 11.5 Å². The van der Waals surface area contributed by atoms with E-state index in [4.69, 9.17) is 9.47 Å². The Hall–Kier alpha value is -3.40. The average molecular weight is 402 g/mol. The number of unbranched alkanes of at least 4 members (excludes halogenated alkanes) is 3. The zero-order valence-corrected chi connectivity index (χ0v) is 17.3. The molecular weight excluding hydrogens is 374 g/mol. The molecule has 0 spiro atoms. The molecule has 0 aromatic heterocycles. The summed E-state index contributed by atoms with van der Waals surface area (Å²) in [6.07, 6.45) is 6.46. The van der Waals surface area contributed by atoms with E-state index >= 15 is 0 Å². The first-order valence-corrected chi connectivity index (χ1v) is 10.4. The Morgan fingerprint density at radius 3 is 2.23 bits per heavy atom. The van der Waals surface area contributed by atoms with Crippen molar-refractivity contribution < 1.29 is 14.3 Å². The normalized spacial score (nSPS) is 10.8. The predicted octanol–water partition coefficient (Wildman–Crippen LogP) is 6.62. The van der Waals surface area contributed by atoms with Crippen molar-refractivity contribution in [3.63, 3.8) is 0 Å². The molecule has 0 N–H and O–H groups in total. The summed E-state index contributed by atoms with van der Waals surface area (Å²) in [7, 11) is 0. The van der Waals surface area contributed by atoms with Crippen molar-refractivity contribution in [1.82, 2.24) is 0 Å². The lowest BCUT2D eigenvalue weighted by Crippen LogP contribution is -2.08. The van der Waals surface area contributed by atoms with Crippen LogP contribution in [0.2, 0.25) is 0 Å². The molecule has 0 amide bonds. The SMILES string of the molecule is CCCCCCOc1ccc(C(=O)Oc2ccc(N=Cc3ccccc3)cc2)cc1. The summed E-state index contributed by atoms with van der Waals surface area (Å²) >= 11 is 0. The smallest absolute Gasteiger partial charge is 0.343 e. The van der Waals surface area contributed by atoms with Crippen LogP contribution in [0, 0.1) is 0 Å².